The normalized spacial score (nSPS) is 18.6. The van der Waals surface area contributed by atoms with Crippen molar-refractivity contribution in [3.05, 3.63) is 45.3 Å². The van der Waals surface area contributed by atoms with Gasteiger partial charge in [0.05, 0.1) is 36.1 Å². The van der Waals surface area contributed by atoms with Gasteiger partial charge in [0.25, 0.3) is 0 Å². The zero-order chi connectivity index (χ0) is 17.0. The van der Waals surface area contributed by atoms with Crippen LogP contribution in [0.2, 0.25) is 0 Å². The van der Waals surface area contributed by atoms with Crippen molar-refractivity contribution in [2.75, 3.05) is 6.61 Å². The minimum Gasteiger partial charge on any atom is -0.378 e. The summed E-state index contributed by atoms with van der Waals surface area (Å²) in [5.41, 5.74) is 4.42. The van der Waals surface area contributed by atoms with E-state index in [1.807, 2.05) is 17.9 Å². The summed E-state index contributed by atoms with van der Waals surface area (Å²) in [6.07, 6.45) is 5.18. The van der Waals surface area contributed by atoms with Gasteiger partial charge in [0, 0.05) is 22.2 Å². The van der Waals surface area contributed by atoms with E-state index in [2.05, 4.69) is 50.3 Å². The second-order valence-corrected chi connectivity index (χ2v) is 7.90. The van der Waals surface area contributed by atoms with Gasteiger partial charge in [-0.2, -0.15) is 5.10 Å². The summed E-state index contributed by atoms with van der Waals surface area (Å²) in [5, 5.41) is 4.80. The summed E-state index contributed by atoms with van der Waals surface area (Å²) < 4.78 is 11.1. The van der Waals surface area contributed by atoms with Gasteiger partial charge < -0.3 is 9.30 Å². The summed E-state index contributed by atoms with van der Waals surface area (Å²) in [6, 6.07) is 6.44. The molecule has 0 aliphatic carbocycles. The Morgan fingerprint density at radius 1 is 1.36 bits per heavy atom. The van der Waals surface area contributed by atoms with Crippen molar-refractivity contribution >= 4 is 22.6 Å². The molecule has 1 unspecified atom stereocenters. The highest BCUT2D eigenvalue weighted by Gasteiger charge is 2.25. The highest BCUT2D eigenvalue weighted by atomic mass is 127. The van der Waals surface area contributed by atoms with Crippen molar-refractivity contribution in [1.29, 1.82) is 0 Å². The molecule has 1 atom stereocenters. The monoisotopic (exact) mass is 447 g/mol. The quantitative estimate of drug-likeness (QED) is 0.444. The van der Waals surface area contributed by atoms with Crippen LogP contribution < -0.4 is 0 Å². The first-order valence-electron chi connectivity index (χ1n) is 8.57. The fraction of sp³-hybridized carbons (Fsp3) is 0.389. The van der Waals surface area contributed by atoms with Gasteiger partial charge in [-0.3, -0.25) is 0 Å². The number of benzene rings is 1. The minimum absolute atomic E-state index is 0.259. The third kappa shape index (κ3) is 2.60. The Morgan fingerprint density at radius 3 is 3.12 bits per heavy atom. The predicted octanol–water partition coefficient (Wildman–Crippen LogP) is 3.13. The lowest BCUT2D eigenvalue weighted by Crippen LogP contribution is -2.11. The van der Waals surface area contributed by atoms with Crippen LogP contribution in [0.5, 0.6) is 0 Å². The maximum absolute atomic E-state index is 5.76. The number of fused-ring (bicyclic) bond motifs is 5. The van der Waals surface area contributed by atoms with Crippen LogP contribution in [0.4, 0.5) is 0 Å². The average Bonchev–Trinajstić information content (AvgIpc) is 3.30. The lowest BCUT2D eigenvalue weighted by molar-refractivity contribution is 0.110. The topological polar surface area (TPSA) is 57.8 Å². The average molecular weight is 447 g/mol. The SMILES string of the molecule is Cc1ncn2c1Cn1nc(CC3CCCO3)nc1-c1cc(I)ccc1-2. The molecule has 7 heteroatoms. The van der Waals surface area contributed by atoms with Crippen molar-refractivity contribution < 1.29 is 4.74 Å². The standard InChI is InChI=1S/C18H18IN5O/c1-11-16-9-24-18(21-17(22-24)8-13-3-2-6-25-13)14-7-12(19)4-5-15(14)23(16)10-20-11/h4-5,7,10,13H,2-3,6,8-9H2,1H3. The molecule has 0 radical (unpaired) electrons. The van der Waals surface area contributed by atoms with Gasteiger partial charge in [-0.15, -0.1) is 0 Å². The number of aromatic nitrogens is 5. The van der Waals surface area contributed by atoms with Crippen LogP contribution in [0.15, 0.2) is 24.5 Å². The van der Waals surface area contributed by atoms with Crippen molar-refractivity contribution in [2.24, 2.45) is 0 Å². The van der Waals surface area contributed by atoms with Crippen LogP contribution in [0.3, 0.4) is 0 Å². The first-order valence-corrected chi connectivity index (χ1v) is 9.65. The second-order valence-electron chi connectivity index (χ2n) is 6.66. The largest absolute Gasteiger partial charge is 0.378 e. The number of aryl methyl sites for hydroxylation is 1. The molecule has 1 saturated heterocycles. The van der Waals surface area contributed by atoms with E-state index >= 15 is 0 Å². The number of hydrogen-bond acceptors (Lipinski definition) is 4. The van der Waals surface area contributed by atoms with Gasteiger partial charge in [-0.25, -0.2) is 14.6 Å². The zero-order valence-corrected chi connectivity index (χ0v) is 16.1. The van der Waals surface area contributed by atoms with Crippen molar-refractivity contribution in [2.45, 2.75) is 38.8 Å². The third-order valence-corrected chi connectivity index (χ3v) is 5.65. The summed E-state index contributed by atoms with van der Waals surface area (Å²) >= 11 is 2.35. The predicted molar refractivity (Wildman–Crippen MR) is 102 cm³/mol. The van der Waals surface area contributed by atoms with Crippen LogP contribution >= 0.6 is 22.6 Å². The van der Waals surface area contributed by atoms with Crippen molar-refractivity contribution in [3.63, 3.8) is 0 Å². The molecule has 128 valence electrons. The van der Waals surface area contributed by atoms with Crippen LogP contribution in [-0.4, -0.2) is 37.0 Å². The maximum atomic E-state index is 5.76. The number of ether oxygens (including phenoxy) is 1. The lowest BCUT2D eigenvalue weighted by Gasteiger charge is -2.09. The van der Waals surface area contributed by atoms with Gasteiger partial charge in [0.1, 0.15) is 0 Å². The Hall–Kier alpha value is -1.74. The van der Waals surface area contributed by atoms with E-state index in [1.54, 1.807) is 0 Å². The molecule has 1 aromatic carbocycles. The molecule has 2 aromatic heterocycles. The van der Waals surface area contributed by atoms with E-state index in [-0.39, 0.29) is 6.10 Å². The number of hydrogen-bond donors (Lipinski definition) is 0. The molecule has 1 fully saturated rings. The smallest absolute Gasteiger partial charge is 0.160 e. The van der Waals surface area contributed by atoms with E-state index < -0.39 is 0 Å². The molecule has 3 aromatic rings. The Bertz CT molecular complexity index is 955. The van der Waals surface area contributed by atoms with Crippen LogP contribution in [0.1, 0.15) is 30.1 Å². The van der Waals surface area contributed by atoms with Crippen molar-refractivity contribution in [3.8, 4) is 17.1 Å². The number of rotatable bonds is 2. The Labute approximate surface area is 159 Å². The molecule has 2 aliphatic heterocycles. The first kappa shape index (κ1) is 15.5. The summed E-state index contributed by atoms with van der Waals surface area (Å²) in [7, 11) is 0. The lowest BCUT2D eigenvalue weighted by atomic mass is 10.1. The molecule has 0 spiro atoms. The molecule has 25 heavy (non-hydrogen) atoms. The molecular formula is C18H18IN5O. The molecule has 0 amide bonds. The van der Waals surface area contributed by atoms with Crippen LogP contribution in [0, 0.1) is 10.5 Å². The fourth-order valence-electron chi connectivity index (χ4n) is 3.69. The van der Waals surface area contributed by atoms with E-state index in [9.17, 15) is 0 Å². The Kier molecular flexibility index (Phi) is 3.67. The molecule has 0 N–H and O–H groups in total. The molecular weight excluding hydrogens is 429 g/mol. The van der Waals surface area contributed by atoms with E-state index in [4.69, 9.17) is 14.8 Å². The van der Waals surface area contributed by atoms with Gasteiger partial charge in [0.15, 0.2) is 11.6 Å². The second kappa shape index (κ2) is 5.91. The minimum atomic E-state index is 0.259. The summed E-state index contributed by atoms with van der Waals surface area (Å²) in [4.78, 5) is 9.39. The Morgan fingerprint density at radius 2 is 2.28 bits per heavy atom. The summed E-state index contributed by atoms with van der Waals surface area (Å²) in [6.45, 7) is 3.59. The highest BCUT2D eigenvalue weighted by molar-refractivity contribution is 14.1. The molecule has 5 rings (SSSR count). The molecule has 0 saturated carbocycles. The molecule has 6 nitrogen and oxygen atoms in total. The summed E-state index contributed by atoms with van der Waals surface area (Å²) in [5.74, 6) is 1.81. The molecule has 0 bridgehead atoms. The Balaban J connectivity index is 1.65. The van der Waals surface area contributed by atoms with Crippen LogP contribution in [-0.2, 0) is 17.7 Å². The van der Waals surface area contributed by atoms with Gasteiger partial charge >= 0.3 is 0 Å². The van der Waals surface area contributed by atoms with Gasteiger partial charge in [0.2, 0.25) is 0 Å². The van der Waals surface area contributed by atoms with Crippen LogP contribution in [0.25, 0.3) is 17.1 Å². The van der Waals surface area contributed by atoms with Crippen molar-refractivity contribution in [1.82, 2.24) is 24.3 Å². The van der Waals surface area contributed by atoms with E-state index in [0.29, 0.717) is 6.54 Å². The first-order chi connectivity index (χ1) is 12.2. The molecule has 4 heterocycles. The zero-order valence-electron chi connectivity index (χ0n) is 13.9. The number of nitrogens with zero attached hydrogens (tertiary/aromatic N) is 5. The van der Waals surface area contributed by atoms with Gasteiger partial charge in [-0.1, -0.05) is 0 Å². The fourth-order valence-corrected chi connectivity index (χ4v) is 4.19. The number of halogens is 1. The highest BCUT2D eigenvalue weighted by Crippen LogP contribution is 2.33. The maximum Gasteiger partial charge on any atom is 0.160 e. The number of imidazole rings is 1. The van der Waals surface area contributed by atoms with E-state index in [1.165, 1.54) is 3.57 Å². The third-order valence-electron chi connectivity index (χ3n) is 4.98. The molecule has 2 aliphatic rings. The van der Waals surface area contributed by atoms with E-state index in [0.717, 1.165) is 60.2 Å². The van der Waals surface area contributed by atoms with Gasteiger partial charge in [-0.05, 0) is 60.6 Å².